The van der Waals surface area contributed by atoms with Crippen molar-refractivity contribution in [3.63, 3.8) is 0 Å². The lowest BCUT2D eigenvalue weighted by Gasteiger charge is -2.09. The first-order chi connectivity index (χ1) is 6.24. The SMILES string of the molecule is CCCC(CO[P+](=O)OCN)OC. The largest absolute Gasteiger partial charge is 0.698 e. The summed E-state index contributed by atoms with van der Waals surface area (Å²) in [5.41, 5.74) is 5.01. The van der Waals surface area contributed by atoms with Crippen molar-refractivity contribution in [3.05, 3.63) is 0 Å². The molecule has 2 atom stereocenters. The second kappa shape index (κ2) is 8.53. The molecule has 0 spiro atoms. The molecule has 5 nitrogen and oxygen atoms in total. The van der Waals surface area contributed by atoms with Gasteiger partial charge in [-0.1, -0.05) is 13.3 Å². The first kappa shape index (κ1) is 12.9. The molecule has 0 aromatic heterocycles. The molecular formula is C7H17NO4P+. The minimum Gasteiger partial charge on any atom is -0.379 e. The van der Waals surface area contributed by atoms with E-state index in [2.05, 4.69) is 4.52 Å². The summed E-state index contributed by atoms with van der Waals surface area (Å²) >= 11 is 0. The van der Waals surface area contributed by atoms with Gasteiger partial charge < -0.3 is 10.5 Å². The average Bonchev–Trinajstić information content (AvgIpc) is 2.12. The molecule has 0 aliphatic heterocycles. The predicted octanol–water partition coefficient (Wildman–Crippen LogP) is 1.41. The zero-order valence-corrected chi connectivity index (χ0v) is 8.96. The minimum absolute atomic E-state index is 0.0228. The van der Waals surface area contributed by atoms with E-state index in [0.29, 0.717) is 0 Å². The van der Waals surface area contributed by atoms with Crippen molar-refractivity contribution in [2.24, 2.45) is 5.73 Å². The van der Waals surface area contributed by atoms with Crippen LogP contribution in [-0.2, 0) is 18.3 Å². The molecule has 0 radical (unpaired) electrons. The van der Waals surface area contributed by atoms with E-state index in [1.54, 1.807) is 7.11 Å². The molecule has 0 aromatic rings. The molecule has 0 aliphatic carbocycles. The lowest BCUT2D eigenvalue weighted by atomic mass is 10.2. The number of ether oxygens (including phenoxy) is 1. The van der Waals surface area contributed by atoms with E-state index in [0.717, 1.165) is 12.8 Å². The predicted molar refractivity (Wildman–Crippen MR) is 49.4 cm³/mol. The molecule has 0 saturated carbocycles. The van der Waals surface area contributed by atoms with Crippen LogP contribution in [0.2, 0.25) is 0 Å². The van der Waals surface area contributed by atoms with Crippen LogP contribution in [0.5, 0.6) is 0 Å². The van der Waals surface area contributed by atoms with Crippen LogP contribution in [0, 0.1) is 0 Å². The first-order valence-corrected chi connectivity index (χ1v) is 5.30. The maximum absolute atomic E-state index is 10.8. The molecule has 2 N–H and O–H groups in total. The molecule has 78 valence electrons. The quantitative estimate of drug-likeness (QED) is 0.484. The highest BCUT2D eigenvalue weighted by Gasteiger charge is 2.21. The lowest BCUT2D eigenvalue weighted by molar-refractivity contribution is 0.0479. The Bertz CT molecular complexity index is 144. The fraction of sp³-hybridized carbons (Fsp3) is 1.00. The Hall–Kier alpha value is -0.0600. The van der Waals surface area contributed by atoms with Crippen molar-refractivity contribution in [1.29, 1.82) is 0 Å². The van der Waals surface area contributed by atoms with Crippen LogP contribution in [0.4, 0.5) is 0 Å². The van der Waals surface area contributed by atoms with Gasteiger partial charge in [0.15, 0.2) is 6.73 Å². The van der Waals surface area contributed by atoms with Crippen molar-refractivity contribution < 1.29 is 18.3 Å². The maximum Gasteiger partial charge on any atom is 0.698 e. The molecule has 0 heterocycles. The Kier molecular flexibility index (Phi) is 8.49. The lowest BCUT2D eigenvalue weighted by Crippen LogP contribution is -2.16. The van der Waals surface area contributed by atoms with Gasteiger partial charge in [-0.05, 0) is 6.42 Å². The molecule has 0 aliphatic rings. The zero-order chi connectivity index (χ0) is 10.1. The average molecular weight is 210 g/mol. The third-order valence-corrected chi connectivity index (χ3v) is 2.21. The molecule has 2 unspecified atom stereocenters. The summed E-state index contributed by atoms with van der Waals surface area (Å²) in [6, 6.07) is 0. The number of rotatable bonds is 8. The van der Waals surface area contributed by atoms with E-state index in [9.17, 15) is 4.57 Å². The van der Waals surface area contributed by atoms with Crippen LogP contribution in [0.1, 0.15) is 19.8 Å². The van der Waals surface area contributed by atoms with Gasteiger partial charge in [-0.2, -0.15) is 0 Å². The van der Waals surface area contributed by atoms with Gasteiger partial charge >= 0.3 is 8.25 Å². The van der Waals surface area contributed by atoms with Gasteiger partial charge in [0.1, 0.15) is 6.61 Å². The second-order valence-electron chi connectivity index (χ2n) is 2.46. The summed E-state index contributed by atoms with van der Waals surface area (Å²) < 4.78 is 25.3. The van der Waals surface area contributed by atoms with Gasteiger partial charge in [-0.3, -0.25) is 0 Å². The summed E-state index contributed by atoms with van der Waals surface area (Å²) in [5.74, 6) is 0. The summed E-state index contributed by atoms with van der Waals surface area (Å²) in [5, 5.41) is 0. The zero-order valence-electron chi connectivity index (χ0n) is 8.06. The Balaban J connectivity index is 3.52. The van der Waals surface area contributed by atoms with Crippen LogP contribution in [0.25, 0.3) is 0 Å². The molecule has 0 saturated heterocycles. The van der Waals surface area contributed by atoms with Crippen molar-refractivity contribution in [2.45, 2.75) is 25.9 Å². The summed E-state index contributed by atoms with van der Waals surface area (Å²) in [7, 11) is -0.487. The van der Waals surface area contributed by atoms with Gasteiger partial charge in [0.05, 0.1) is 6.10 Å². The third-order valence-electron chi connectivity index (χ3n) is 1.49. The number of methoxy groups -OCH3 is 1. The van der Waals surface area contributed by atoms with E-state index in [4.69, 9.17) is 15.0 Å². The van der Waals surface area contributed by atoms with Crippen LogP contribution in [0.3, 0.4) is 0 Å². The van der Waals surface area contributed by atoms with Gasteiger partial charge in [-0.25, -0.2) is 0 Å². The molecule has 0 aromatic carbocycles. The fourth-order valence-corrected chi connectivity index (χ4v) is 1.32. The molecule has 0 amide bonds. The van der Waals surface area contributed by atoms with Crippen LogP contribution < -0.4 is 5.73 Å². The van der Waals surface area contributed by atoms with Crippen LogP contribution >= 0.6 is 8.25 Å². The van der Waals surface area contributed by atoms with Gasteiger partial charge in [0, 0.05) is 11.7 Å². The van der Waals surface area contributed by atoms with Gasteiger partial charge in [0.25, 0.3) is 0 Å². The van der Waals surface area contributed by atoms with Crippen molar-refractivity contribution in [3.8, 4) is 0 Å². The molecular weight excluding hydrogens is 193 g/mol. The molecule has 0 rings (SSSR count). The summed E-state index contributed by atoms with van der Waals surface area (Å²) in [4.78, 5) is 0. The van der Waals surface area contributed by atoms with E-state index in [-0.39, 0.29) is 19.4 Å². The monoisotopic (exact) mass is 210 g/mol. The van der Waals surface area contributed by atoms with E-state index < -0.39 is 8.25 Å². The highest BCUT2D eigenvalue weighted by Crippen LogP contribution is 2.23. The first-order valence-electron chi connectivity index (χ1n) is 4.20. The smallest absolute Gasteiger partial charge is 0.379 e. The van der Waals surface area contributed by atoms with Crippen molar-refractivity contribution >= 4 is 8.25 Å². The van der Waals surface area contributed by atoms with Gasteiger partial charge in [0.2, 0.25) is 0 Å². The number of nitrogens with two attached hydrogens (primary N) is 1. The van der Waals surface area contributed by atoms with Crippen LogP contribution in [-0.4, -0.2) is 26.6 Å². The Morgan fingerprint density at radius 1 is 1.46 bits per heavy atom. The maximum atomic E-state index is 10.8. The number of hydrogen-bond donors (Lipinski definition) is 1. The second-order valence-corrected chi connectivity index (χ2v) is 3.43. The standard InChI is InChI=1S/C7H17NO4P/c1-3-4-7(10-2)5-11-13(9)12-6-8/h7H,3-6,8H2,1-2H3/q+1. The molecule has 0 fully saturated rings. The van der Waals surface area contributed by atoms with E-state index in [1.165, 1.54) is 0 Å². The third kappa shape index (κ3) is 7.05. The van der Waals surface area contributed by atoms with Crippen LogP contribution in [0.15, 0.2) is 0 Å². The normalized spacial score (nSPS) is 14.2. The van der Waals surface area contributed by atoms with Gasteiger partial charge in [-0.15, -0.1) is 9.05 Å². The molecule has 0 bridgehead atoms. The number of hydrogen-bond acceptors (Lipinski definition) is 5. The highest BCUT2D eigenvalue weighted by atomic mass is 31.1. The van der Waals surface area contributed by atoms with Crippen molar-refractivity contribution in [2.75, 3.05) is 20.4 Å². The van der Waals surface area contributed by atoms with E-state index in [1.807, 2.05) is 6.92 Å². The van der Waals surface area contributed by atoms with Crippen molar-refractivity contribution in [1.82, 2.24) is 0 Å². The minimum atomic E-state index is -2.08. The Morgan fingerprint density at radius 3 is 2.62 bits per heavy atom. The summed E-state index contributed by atoms with van der Waals surface area (Å²) in [6.45, 7) is 2.22. The molecule has 6 heteroatoms. The topological polar surface area (TPSA) is 70.8 Å². The summed E-state index contributed by atoms with van der Waals surface area (Å²) in [6.07, 6.45) is 1.85. The molecule has 13 heavy (non-hydrogen) atoms. The highest BCUT2D eigenvalue weighted by molar-refractivity contribution is 7.33. The fourth-order valence-electron chi connectivity index (χ4n) is 0.833. The van der Waals surface area contributed by atoms with E-state index >= 15 is 0 Å². The Labute approximate surface area is 79.5 Å². The Morgan fingerprint density at radius 2 is 2.15 bits per heavy atom.